The van der Waals surface area contributed by atoms with E-state index in [-0.39, 0.29) is 0 Å². The fourth-order valence-corrected chi connectivity index (χ4v) is 5.41. The maximum atomic E-state index is 5.69. The lowest BCUT2D eigenvalue weighted by Crippen LogP contribution is -2.02. The topological polar surface area (TPSA) is 109 Å². The number of unbranched alkanes of at least 4 members (excludes halogenated alkanes) is 1. The van der Waals surface area contributed by atoms with Gasteiger partial charge in [-0.25, -0.2) is 9.97 Å². The molecule has 6 N–H and O–H groups in total. The third-order valence-electron chi connectivity index (χ3n) is 7.71. The third kappa shape index (κ3) is 5.31. The molecule has 6 heteroatoms. The van der Waals surface area contributed by atoms with Gasteiger partial charge in [0.2, 0.25) is 0 Å². The molecule has 0 amide bonds. The molecule has 2 heterocycles. The van der Waals surface area contributed by atoms with Crippen LogP contribution in [-0.4, -0.2) is 33.0 Å². The Morgan fingerprint density at radius 3 is 1.85 bits per heavy atom. The standard InChI is InChI=1S/C33H36N6/c1-21(5-4-16-35)33-38-29-14-12-27(20-31(29)39-33)25-10-8-22-17-24(9-7-23(22)18-25)26-11-13-28-30(19-26)37-32(36-28)6-2-3-15-34/h7-14,17-21H,2-6,15-16,34-35H2,1H3,(H,36,37)(H,38,39). The van der Waals surface area contributed by atoms with Crippen molar-refractivity contribution in [3.05, 3.63) is 84.4 Å². The maximum Gasteiger partial charge on any atom is 0.110 e. The summed E-state index contributed by atoms with van der Waals surface area (Å²) in [5.41, 5.74) is 20.3. The van der Waals surface area contributed by atoms with Crippen molar-refractivity contribution in [1.82, 2.24) is 19.9 Å². The number of nitrogens with zero attached hydrogens (tertiary/aromatic N) is 2. The SMILES string of the molecule is CC(CCCN)c1nc2ccc(-c3ccc4cc(-c5ccc6nc(CCCCN)[nH]c6c5)ccc4c3)cc2[nH]1. The molecule has 0 saturated carbocycles. The summed E-state index contributed by atoms with van der Waals surface area (Å²) in [6.45, 7) is 3.65. The lowest BCUT2D eigenvalue weighted by atomic mass is 9.97. The minimum absolute atomic E-state index is 0.372. The molecule has 0 aliphatic carbocycles. The highest BCUT2D eigenvalue weighted by Gasteiger charge is 2.12. The van der Waals surface area contributed by atoms with Gasteiger partial charge in [-0.3, -0.25) is 0 Å². The highest BCUT2D eigenvalue weighted by Crippen LogP contribution is 2.31. The third-order valence-corrected chi connectivity index (χ3v) is 7.71. The number of imidazole rings is 2. The summed E-state index contributed by atoms with van der Waals surface area (Å²) in [5, 5.41) is 2.45. The van der Waals surface area contributed by atoms with Gasteiger partial charge in [0, 0.05) is 12.3 Å². The first-order chi connectivity index (χ1) is 19.1. The Morgan fingerprint density at radius 1 is 0.641 bits per heavy atom. The van der Waals surface area contributed by atoms with Gasteiger partial charge in [0.15, 0.2) is 0 Å². The molecular weight excluding hydrogens is 480 g/mol. The molecule has 4 aromatic carbocycles. The fourth-order valence-electron chi connectivity index (χ4n) is 5.41. The Bertz CT molecular complexity index is 1740. The molecule has 198 valence electrons. The predicted molar refractivity (Wildman–Crippen MR) is 163 cm³/mol. The number of rotatable bonds is 10. The van der Waals surface area contributed by atoms with Crippen molar-refractivity contribution < 1.29 is 0 Å². The Labute approximate surface area is 228 Å². The second-order valence-electron chi connectivity index (χ2n) is 10.6. The van der Waals surface area contributed by atoms with Gasteiger partial charge in [0.05, 0.1) is 22.1 Å². The van der Waals surface area contributed by atoms with E-state index in [0.717, 1.165) is 72.4 Å². The lowest BCUT2D eigenvalue weighted by Gasteiger charge is -2.07. The van der Waals surface area contributed by atoms with Crippen molar-refractivity contribution in [1.29, 1.82) is 0 Å². The number of aromatic nitrogens is 4. The summed E-state index contributed by atoms with van der Waals surface area (Å²) in [6, 6.07) is 26.4. The summed E-state index contributed by atoms with van der Waals surface area (Å²) in [5.74, 6) is 2.45. The van der Waals surface area contributed by atoms with Crippen LogP contribution in [0, 0.1) is 0 Å². The molecule has 6 rings (SSSR count). The van der Waals surface area contributed by atoms with E-state index in [1.165, 1.54) is 33.0 Å². The van der Waals surface area contributed by atoms with E-state index in [4.69, 9.17) is 21.4 Å². The average molecular weight is 517 g/mol. The van der Waals surface area contributed by atoms with Crippen molar-refractivity contribution in [3.63, 3.8) is 0 Å². The van der Waals surface area contributed by atoms with Crippen molar-refractivity contribution in [2.24, 2.45) is 11.5 Å². The number of hydrogen-bond acceptors (Lipinski definition) is 4. The molecule has 1 atom stereocenters. The Morgan fingerprint density at radius 2 is 1.21 bits per heavy atom. The highest BCUT2D eigenvalue weighted by molar-refractivity contribution is 5.93. The quantitative estimate of drug-likeness (QED) is 0.146. The van der Waals surface area contributed by atoms with Crippen molar-refractivity contribution in [3.8, 4) is 22.3 Å². The smallest absolute Gasteiger partial charge is 0.110 e. The van der Waals surface area contributed by atoms with E-state index in [1.807, 2.05) is 0 Å². The molecule has 6 aromatic rings. The molecule has 0 saturated heterocycles. The van der Waals surface area contributed by atoms with Crippen LogP contribution >= 0.6 is 0 Å². The molecular formula is C33H36N6. The molecule has 6 nitrogen and oxygen atoms in total. The van der Waals surface area contributed by atoms with E-state index in [1.54, 1.807) is 0 Å². The van der Waals surface area contributed by atoms with Gasteiger partial charge in [-0.2, -0.15) is 0 Å². The predicted octanol–water partition coefficient (Wildman–Crippen LogP) is 7.05. The molecule has 0 radical (unpaired) electrons. The van der Waals surface area contributed by atoms with Crippen LogP contribution in [-0.2, 0) is 6.42 Å². The lowest BCUT2D eigenvalue weighted by molar-refractivity contribution is 0.616. The van der Waals surface area contributed by atoms with Gasteiger partial charge in [-0.05, 0) is 108 Å². The first kappa shape index (κ1) is 25.3. The van der Waals surface area contributed by atoms with Gasteiger partial charge in [0.1, 0.15) is 11.6 Å². The molecule has 0 spiro atoms. The van der Waals surface area contributed by atoms with Gasteiger partial charge in [-0.15, -0.1) is 0 Å². The van der Waals surface area contributed by atoms with Crippen molar-refractivity contribution in [2.45, 2.75) is 44.9 Å². The fraction of sp³-hybridized carbons (Fsp3) is 0.273. The normalized spacial score (nSPS) is 12.6. The largest absolute Gasteiger partial charge is 0.342 e. The van der Waals surface area contributed by atoms with Crippen LogP contribution in [0.1, 0.15) is 50.2 Å². The maximum absolute atomic E-state index is 5.69. The van der Waals surface area contributed by atoms with Crippen molar-refractivity contribution in [2.75, 3.05) is 13.1 Å². The average Bonchev–Trinajstić information content (AvgIpc) is 3.58. The molecule has 0 aliphatic heterocycles. The molecule has 0 fully saturated rings. The zero-order chi connectivity index (χ0) is 26.8. The van der Waals surface area contributed by atoms with Gasteiger partial charge >= 0.3 is 0 Å². The second kappa shape index (κ2) is 11.0. The summed E-state index contributed by atoms with van der Waals surface area (Å²) >= 11 is 0. The number of H-pyrrole nitrogens is 2. The molecule has 1 unspecified atom stereocenters. The van der Waals surface area contributed by atoms with Crippen LogP contribution in [0.3, 0.4) is 0 Å². The second-order valence-corrected chi connectivity index (χ2v) is 10.6. The first-order valence-corrected chi connectivity index (χ1v) is 14.0. The molecule has 0 bridgehead atoms. The molecule has 0 aliphatic rings. The first-order valence-electron chi connectivity index (χ1n) is 14.0. The number of fused-ring (bicyclic) bond motifs is 3. The highest BCUT2D eigenvalue weighted by atomic mass is 14.9. The van der Waals surface area contributed by atoms with E-state index >= 15 is 0 Å². The van der Waals surface area contributed by atoms with E-state index in [2.05, 4.69) is 89.7 Å². The van der Waals surface area contributed by atoms with Crippen LogP contribution in [0.2, 0.25) is 0 Å². The Hall–Kier alpha value is -4.00. The van der Waals surface area contributed by atoms with Gasteiger partial charge < -0.3 is 21.4 Å². The van der Waals surface area contributed by atoms with Gasteiger partial charge in [-0.1, -0.05) is 43.3 Å². The summed E-state index contributed by atoms with van der Waals surface area (Å²) < 4.78 is 0. The van der Waals surface area contributed by atoms with Crippen LogP contribution in [0.15, 0.2) is 72.8 Å². The monoisotopic (exact) mass is 516 g/mol. The van der Waals surface area contributed by atoms with E-state index in [0.29, 0.717) is 12.5 Å². The minimum atomic E-state index is 0.372. The Balaban J connectivity index is 1.25. The molecule has 2 aromatic heterocycles. The zero-order valence-corrected chi connectivity index (χ0v) is 22.5. The van der Waals surface area contributed by atoms with Crippen LogP contribution in [0.5, 0.6) is 0 Å². The van der Waals surface area contributed by atoms with Crippen molar-refractivity contribution >= 4 is 32.8 Å². The van der Waals surface area contributed by atoms with Gasteiger partial charge in [0.25, 0.3) is 0 Å². The number of aryl methyl sites for hydroxylation is 1. The Kier molecular flexibility index (Phi) is 7.14. The van der Waals surface area contributed by atoms with E-state index in [9.17, 15) is 0 Å². The van der Waals surface area contributed by atoms with Crippen LogP contribution in [0.25, 0.3) is 55.1 Å². The number of hydrogen-bond donors (Lipinski definition) is 4. The van der Waals surface area contributed by atoms with E-state index < -0.39 is 0 Å². The van der Waals surface area contributed by atoms with Crippen LogP contribution < -0.4 is 11.5 Å². The zero-order valence-electron chi connectivity index (χ0n) is 22.5. The number of aromatic amines is 2. The van der Waals surface area contributed by atoms with Crippen LogP contribution in [0.4, 0.5) is 0 Å². The number of benzene rings is 4. The summed E-state index contributed by atoms with van der Waals surface area (Å²) in [4.78, 5) is 16.6. The summed E-state index contributed by atoms with van der Waals surface area (Å²) in [6.07, 6.45) is 5.07. The number of nitrogens with two attached hydrogens (primary N) is 2. The molecule has 39 heavy (non-hydrogen) atoms. The summed E-state index contributed by atoms with van der Waals surface area (Å²) in [7, 11) is 0. The number of nitrogens with one attached hydrogen (secondary N) is 2. The minimum Gasteiger partial charge on any atom is -0.342 e.